The van der Waals surface area contributed by atoms with E-state index in [1.54, 1.807) is 7.11 Å². The Morgan fingerprint density at radius 3 is 2.78 bits per heavy atom. The molecule has 18 heavy (non-hydrogen) atoms. The molecule has 96 valence electrons. The number of methoxy groups -OCH3 is 1. The van der Waals surface area contributed by atoms with Crippen LogP contribution in [0.25, 0.3) is 10.8 Å². The van der Waals surface area contributed by atoms with Crippen molar-refractivity contribution in [2.24, 2.45) is 0 Å². The summed E-state index contributed by atoms with van der Waals surface area (Å²) in [4.78, 5) is 0. The van der Waals surface area contributed by atoms with Gasteiger partial charge in [0.1, 0.15) is 5.75 Å². The van der Waals surface area contributed by atoms with Gasteiger partial charge in [0.05, 0.1) is 7.11 Å². The fourth-order valence-electron chi connectivity index (χ4n) is 2.11. The van der Waals surface area contributed by atoms with Gasteiger partial charge in [0.2, 0.25) is 0 Å². The smallest absolute Gasteiger partial charge is 0.123 e. The van der Waals surface area contributed by atoms with Gasteiger partial charge in [-0.25, -0.2) is 0 Å². The highest BCUT2D eigenvalue weighted by Gasteiger charge is 2.07. The molecule has 2 aromatic rings. The van der Waals surface area contributed by atoms with E-state index in [0.717, 1.165) is 25.3 Å². The summed E-state index contributed by atoms with van der Waals surface area (Å²) in [6.07, 6.45) is 0.771. The summed E-state index contributed by atoms with van der Waals surface area (Å²) >= 11 is 0. The van der Waals surface area contributed by atoms with Crippen LogP contribution in [-0.4, -0.2) is 25.4 Å². The average Bonchev–Trinajstić information content (AvgIpc) is 2.43. The van der Waals surface area contributed by atoms with E-state index in [9.17, 15) is 0 Å². The van der Waals surface area contributed by atoms with Gasteiger partial charge in [-0.3, -0.25) is 0 Å². The first-order valence-electron chi connectivity index (χ1n) is 6.23. The topological polar surface area (TPSA) is 41.5 Å². The number of aliphatic hydroxyl groups excluding tert-OH is 1. The van der Waals surface area contributed by atoms with Gasteiger partial charge < -0.3 is 15.2 Å². The lowest BCUT2D eigenvalue weighted by atomic mass is 10.0. The van der Waals surface area contributed by atoms with Gasteiger partial charge in [-0.1, -0.05) is 30.3 Å². The highest BCUT2D eigenvalue weighted by atomic mass is 16.5. The molecule has 0 unspecified atom stereocenters. The highest BCUT2D eigenvalue weighted by molar-refractivity contribution is 5.87. The molecule has 0 saturated carbocycles. The number of hydrogen-bond donors (Lipinski definition) is 2. The van der Waals surface area contributed by atoms with Crippen molar-refractivity contribution in [3.63, 3.8) is 0 Å². The van der Waals surface area contributed by atoms with Gasteiger partial charge >= 0.3 is 0 Å². The summed E-state index contributed by atoms with van der Waals surface area (Å²) in [6, 6.07) is 12.4. The van der Waals surface area contributed by atoms with E-state index in [4.69, 9.17) is 9.84 Å². The Morgan fingerprint density at radius 2 is 2.00 bits per heavy atom. The number of aliphatic hydroxyl groups is 1. The van der Waals surface area contributed by atoms with Crippen LogP contribution in [0.15, 0.2) is 36.4 Å². The summed E-state index contributed by atoms with van der Waals surface area (Å²) in [7, 11) is 1.70. The second-order valence-corrected chi connectivity index (χ2v) is 4.22. The van der Waals surface area contributed by atoms with Crippen molar-refractivity contribution in [3.8, 4) is 5.75 Å². The molecule has 0 aliphatic carbocycles. The standard InChI is InChI=1S/C15H19NO2/c1-18-15-8-7-12-5-2-3-6-13(12)14(15)11-16-9-4-10-17/h2-3,5-8,16-17H,4,9-11H2,1H3. The Labute approximate surface area is 107 Å². The molecular formula is C15H19NO2. The maximum atomic E-state index is 8.77. The Bertz CT molecular complexity index is 511. The van der Waals surface area contributed by atoms with Crippen LogP contribution in [-0.2, 0) is 6.54 Å². The van der Waals surface area contributed by atoms with E-state index in [0.29, 0.717) is 0 Å². The van der Waals surface area contributed by atoms with Gasteiger partial charge in [0.15, 0.2) is 0 Å². The molecule has 0 saturated heterocycles. The maximum Gasteiger partial charge on any atom is 0.123 e. The van der Waals surface area contributed by atoms with Crippen LogP contribution in [0.1, 0.15) is 12.0 Å². The lowest BCUT2D eigenvalue weighted by Crippen LogP contribution is -2.16. The number of ether oxygens (including phenoxy) is 1. The van der Waals surface area contributed by atoms with Crippen LogP contribution >= 0.6 is 0 Å². The van der Waals surface area contributed by atoms with Crippen molar-refractivity contribution in [2.45, 2.75) is 13.0 Å². The molecule has 0 amide bonds. The number of hydrogen-bond acceptors (Lipinski definition) is 3. The second-order valence-electron chi connectivity index (χ2n) is 4.22. The number of rotatable bonds is 6. The molecule has 0 fully saturated rings. The third-order valence-electron chi connectivity index (χ3n) is 3.03. The number of benzene rings is 2. The number of fused-ring (bicyclic) bond motifs is 1. The lowest BCUT2D eigenvalue weighted by molar-refractivity contribution is 0.286. The summed E-state index contributed by atoms with van der Waals surface area (Å²) in [5.74, 6) is 0.908. The van der Waals surface area contributed by atoms with Crippen LogP contribution in [0.2, 0.25) is 0 Å². The van der Waals surface area contributed by atoms with Crippen molar-refractivity contribution < 1.29 is 9.84 Å². The average molecular weight is 245 g/mol. The van der Waals surface area contributed by atoms with Gasteiger partial charge in [0, 0.05) is 18.7 Å². The second kappa shape index (κ2) is 6.38. The van der Waals surface area contributed by atoms with Crippen LogP contribution in [0.5, 0.6) is 5.75 Å². The van der Waals surface area contributed by atoms with Crippen molar-refractivity contribution in [1.29, 1.82) is 0 Å². The minimum Gasteiger partial charge on any atom is -0.496 e. The molecule has 3 heteroatoms. The Morgan fingerprint density at radius 1 is 1.17 bits per heavy atom. The lowest BCUT2D eigenvalue weighted by Gasteiger charge is -2.12. The molecular weight excluding hydrogens is 226 g/mol. The van der Waals surface area contributed by atoms with Crippen molar-refractivity contribution >= 4 is 10.8 Å². The fraction of sp³-hybridized carbons (Fsp3) is 0.333. The van der Waals surface area contributed by atoms with Crippen LogP contribution in [0.4, 0.5) is 0 Å². The number of nitrogens with one attached hydrogen (secondary N) is 1. The summed E-state index contributed by atoms with van der Waals surface area (Å²) in [5.41, 5.74) is 1.17. The van der Waals surface area contributed by atoms with E-state index in [-0.39, 0.29) is 6.61 Å². The molecule has 3 nitrogen and oxygen atoms in total. The molecule has 0 radical (unpaired) electrons. The van der Waals surface area contributed by atoms with Gasteiger partial charge in [-0.15, -0.1) is 0 Å². The molecule has 2 aromatic carbocycles. The van der Waals surface area contributed by atoms with Crippen molar-refractivity contribution in [1.82, 2.24) is 5.32 Å². The van der Waals surface area contributed by atoms with Gasteiger partial charge in [0.25, 0.3) is 0 Å². The van der Waals surface area contributed by atoms with Crippen molar-refractivity contribution in [2.75, 3.05) is 20.3 Å². The molecule has 2 N–H and O–H groups in total. The molecule has 0 aliphatic heterocycles. The molecule has 0 aromatic heterocycles. The van der Waals surface area contributed by atoms with Gasteiger partial charge in [-0.2, -0.15) is 0 Å². The van der Waals surface area contributed by atoms with Crippen LogP contribution < -0.4 is 10.1 Å². The maximum absolute atomic E-state index is 8.77. The van der Waals surface area contributed by atoms with E-state index in [2.05, 4.69) is 23.5 Å². The van der Waals surface area contributed by atoms with Crippen LogP contribution in [0.3, 0.4) is 0 Å². The minimum absolute atomic E-state index is 0.222. The molecule has 0 atom stereocenters. The molecule has 0 aliphatic rings. The summed E-state index contributed by atoms with van der Waals surface area (Å²) in [6.45, 7) is 1.78. The molecule has 0 heterocycles. The first-order valence-corrected chi connectivity index (χ1v) is 6.23. The van der Waals surface area contributed by atoms with E-state index >= 15 is 0 Å². The Hall–Kier alpha value is -1.58. The van der Waals surface area contributed by atoms with E-state index in [1.165, 1.54) is 16.3 Å². The third kappa shape index (κ3) is 2.81. The normalized spacial score (nSPS) is 10.8. The van der Waals surface area contributed by atoms with E-state index < -0.39 is 0 Å². The monoisotopic (exact) mass is 245 g/mol. The van der Waals surface area contributed by atoms with Crippen LogP contribution in [0, 0.1) is 0 Å². The Balaban J connectivity index is 2.27. The summed E-state index contributed by atoms with van der Waals surface area (Å²) < 4.78 is 5.42. The third-order valence-corrected chi connectivity index (χ3v) is 3.03. The van der Waals surface area contributed by atoms with Gasteiger partial charge in [-0.05, 0) is 29.8 Å². The molecule has 0 bridgehead atoms. The fourth-order valence-corrected chi connectivity index (χ4v) is 2.11. The first kappa shape index (κ1) is 12.9. The Kier molecular flexibility index (Phi) is 4.56. The SMILES string of the molecule is COc1ccc2ccccc2c1CNCCCO. The van der Waals surface area contributed by atoms with E-state index in [1.807, 2.05) is 18.2 Å². The minimum atomic E-state index is 0.222. The predicted molar refractivity (Wildman–Crippen MR) is 73.9 cm³/mol. The molecule has 0 spiro atoms. The largest absolute Gasteiger partial charge is 0.496 e. The first-order chi connectivity index (χ1) is 8.86. The molecule has 2 rings (SSSR count). The quantitative estimate of drug-likeness (QED) is 0.767. The zero-order valence-electron chi connectivity index (χ0n) is 10.6. The highest BCUT2D eigenvalue weighted by Crippen LogP contribution is 2.27. The predicted octanol–water partition coefficient (Wildman–Crippen LogP) is 2.32. The van der Waals surface area contributed by atoms with Crippen molar-refractivity contribution in [3.05, 3.63) is 42.0 Å². The summed E-state index contributed by atoms with van der Waals surface area (Å²) in [5, 5.41) is 14.5. The zero-order valence-corrected chi connectivity index (χ0v) is 10.6. The zero-order chi connectivity index (χ0) is 12.8.